The Labute approximate surface area is 354 Å². The zero-order valence-corrected chi connectivity index (χ0v) is 34.8. The van der Waals surface area contributed by atoms with Crippen LogP contribution in [0.2, 0.25) is 0 Å². The van der Waals surface area contributed by atoms with Crippen LogP contribution in [0.3, 0.4) is 0 Å². The molecule has 0 unspecified atom stereocenters. The van der Waals surface area contributed by atoms with Crippen LogP contribution in [0.1, 0.15) is 26.3 Å². The van der Waals surface area contributed by atoms with E-state index in [1.807, 2.05) is 18.2 Å². The minimum Gasteiger partial charge on any atom is -0.370 e. The van der Waals surface area contributed by atoms with Gasteiger partial charge >= 0.3 is 6.85 Å². The summed E-state index contributed by atoms with van der Waals surface area (Å²) in [6, 6.07) is 71.3. The molecule has 10 aromatic rings. The van der Waals surface area contributed by atoms with Gasteiger partial charge in [0.25, 0.3) is 0 Å². The van der Waals surface area contributed by atoms with Crippen LogP contribution in [-0.4, -0.2) is 21.0 Å². The summed E-state index contributed by atoms with van der Waals surface area (Å²) >= 11 is 0. The van der Waals surface area contributed by atoms with Gasteiger partial charge in [0.1, 0.15) is 5.82 Å². The van der Waals surface area contributed by atoms with E-state index in [2.05, 4.69) is 217 Å². The summed E-state index contributed by atoms with van der Waals surface area (Å²) in [5.74, 6) is 0.857. The molecule has 58 heavy (non-hydrogen) atoms. The number of aromatic nitrogens is 4. The van der Waals surface area contributed by atoms with E-state index >= 15 is 0 Å². The van der Waals surface area contributed by atoms with E-state index in [0.717, 1.165) is 72.3 Å². The smallest absolute Gasteiger partial charge is 0.370 e. The molecule has 4 nitrogen and oxygen atoms in total. The molecule has 0 saturated heterocycles. The van der Waals surface area contributed by atoms with E-state index in [4.69, 9.17) is 4.98 Å². The molecule has 0 radical (unpaired) electrons. The van der Waals surface area contributed by atoms with Crippen LogP contribution < -0.4 is 15.5 Å². The van der Waals surface area contributed by atoms with E-state index in [1.54, 1.807) is 0 Å². The van der Waals surface area contributed by atoms with Crippen LogP contribution in [0.25, 0.3) is 66.6 Å². The third-order valence-electron chi connectivity index (χ3n) is 11.0. The number of hydrogen-bond acceptors (Lipinski definition) is 1. The Kier molecular flexibility index (Phi) is 9.79. The van der Waals surface area contributed by atoms with Crippen molar-refractivity contribution in [2.24, 2.45) is 0 Å². The zero-order valence-electron chi connectivity index (χ0n) is 32.5. The van der Waals surface area contributed by atoms with Gasteiger partial charge < -0.3 is 13.6 Å². The van der Waals surface area contributed by atoms with Crippen molar-refractivity contribution >= 4 is 50.7 Å². The molecule has 0 bridgehead atoms. The molecule has 0 amide bonds. The standard InChI is InChI=1S/C52H39BN4.Pt/c1-52(2,3)39-34-49(54-50(35-39)57-45-30-15-13-26-43(45)44-27-14-16-31-46(44)57)53(56-36-55(40-24-11-6-12-25-40)47-32-17-18-33-48(47)56)51-41(37-20-7-4-8-21-37)28-19-29-42(51)38-22-9-5-10-23-38;/h4-24,26-30,32-35H,1-3H3;/q-2;. The second kappa shape index (κ2) is 15.2. The minimum atomic E-state index is -0.412. The molecule has 3 aromatic heterocycles. The van der Waals surface area contributed by atoms with Crippen molar-refractivity contribution in [2.75, 3.05) is 0 Å². The van der Waals surface area contributed by atoms with Crippen molar-refractivity contribution in [3.05, 3.63) is 206 Å². The van der Waals surface area contributed by atoms with Crippen molar-refractivity contribution in [1.29, 1.82) is 0 Å². The fourth-order valence-electron chi connectivity index (χ4n) is 8.29. The molecule has 0 saturated carbocycles. The summed E-state index contributed by atoms with van der Waals surface area (Å²) < 4.78 is 6.73. The molecule has 0 fully saturated rings. The molecule has 0 aliphatic heterocycles. The maximum absolute atomic E-state index is 5.79. The number of pyridine rings is 1. The predicted molar refractivity (Wildman–Crippen MR) is 235 cm³/mol. The van der Waals surface area contributed by atoms with Gasteiger partial charge in [-0.1, -0.05) is 153 Å². The Morgan fingerprint density at radius 1 is 0.586 bits per heavy atom. The maximum Gasteiger partial charge on any atom is 0.449 e. The largest absolute Gasteiger partial charge is 0.449 e. The molecular weight excluding hydrogens is 886 g/mol. The molecule has 0 aliphatic carbocycles. The average Bonchev–Trinajstić information content (AvgIpc) is 3.81. The summed E-state index contributed by atoms with van der Waals surface area (Å²) in [5, 5.41) is 2.33. The molecule has 10 rings (SSSR count). The summed E-state index contributed by atoms with van der Waals surface area (Å²) in [7, 11) is 0. The number of hydrogen-bond donors (Lipinski definition) is 0. The summed E-state index contributed by atoms with van der Waals surface area (Å²) in [6.07, 6.45) is 3.88. The van der Waals surface area contributed by atoms with Crippen molar-refractivity contribution < 1.29 is 25.5 Å². The first kappa shape index (κ1) is 37.3. The van der Waals surface area contributed by atoms with E-state index in [9.17, 15) is 0 Å². The first-order valence-electron chi connectivity index (χ1n) is 19.5. The van der Waals surface area contributed by atoms with E-state index in [1.165, 1.54) is 10.9 Å². The van der Waals surface area contributed by atoms with Gasteiger partial charge in [-0.25, -0.2) is 4.98 Å². The molecule has 3 heterocycles. The second-order valence-corrected chi connectivity index (χ2v) is 15.6. The third kappa shape index (κ3) is 6.50. The van der Waals surface area contributed by atoms with Crippen LogP contribution in [-0.2, 0) is 26.5 Å². The number of nitrogens with zero attached hydrogens (tertiary/aromatic N) is 4. The van der Waals surface area contributed by atoms with Gasteiger partial charge in [-0.3, -0.25) is 0 Å². The Morgan fingerprint density at radius 2 is 1.21 bits per heavy atom. The summed E-state index contributed by atoms with van der Waals surface area (Å²) in [5.41, 5.74) is 12.7. The van der Waals surface area contributed by atoms with Crippen LogP contribution in [0, 0.1) is 18.5 Å². The number of benzene rings is 7. The quantitative estimate of drug-likeness (QED) is 0.116. The Hall–Kier alpha value is -6.29. The van der Waals surface area contributed by atoms with Gasteiger partial charge in [0.2, 0.25) is 6.33 Å². The minimum absolute atomic E-state index is 0. The van der Waals surface area contributed by atoms with Crippen LogP contribution in [0.4, 0.5) is 0 Å². The molecule has 0 N–H and O–H groups in total. The maximum atomic E-state index is 5.79. The van der Waals surface area contributed by atoms with E-state index in [0.29, 0.717) is 0 Å². The van der Waals surface area contributed by atoms with Crippen molar-refractivity contribution in [3.8, 4) is 33.8 Å². The number of imidazole rings is 1. The topological polar surface area (TPSA) is 26.6 Å². The predicted octanol–water partition coefficient (Wildman–Crippen LogP) is 10.1. The molecule has 6 heteroatoms. The first-order chi connectivity index (χ1) is 27.9. The van der Waals surface area contributed by atoms with Gasteiger partial charge in [-0.2, -0.15) is 54.6 Å². The molecule has 0 atom stereocenters. The van der Waals surface area contributed by atoms with Gasteiger partial charge in [0, 0.05) is 32.1 Å². The number of rotatable bonds is 7. The third-order valence-corrected chi connectivity index (χ3v) is 11.0. The van der Waals surface area contributed by atoms with Crippen molar-refractivity contribution in [1.82, 2.24) is 14.1 Å². The van der Waals surface area contributed by atoms with E-state index < -0.39 is 6.85 Å². The van der Waals surface area contributed by atoms with E-state index in [-0.39, 0.29) is 26.5 Å². The Bertz CT molecular complexity index is 2940. The van der Waals surface area contributed by atoms with Gasteiger partial charge in [-0.15, -0.1) is 5.39 Å². The fourth-order valence-corrected chi connectivity index (χ4v) is 8.29. The zero-order chi connectivity index (χ0) is 38.5. The second-order valence-electron chi connectivity index (χ2n) is 15.6. The molecular formula is C52H39BN4Pt-2. The first-order valence-corrected chi connectivity index (χ1v) is 19.5. The van der Waals surface area contributed by atoms with Gasteiger partial charge in [-0.05, 0) is 62.3 Å². The fraction of sp³-hybridized carbons (Fsp3) is 0.0769. The molecule has 0 spiro atoms. The van der Waals surface area contributed by atoms with Crippen molar-refractivity contribution in [2.45, 2.75) is 26.2 Å². The van der Waals surface area contributed by atoms with Crippen molar-refractivity contribution in [3.63, 3.8) is 0 Å². The number of fused-ring (bicyclic) bond motifs is 4. The molecule has 282 valence electrons. The Balaban J connectivity index is 0.00000436. The van der Waals surface area contributed by atoms with Crippen LogP contribution >= 0.6 is 0 Å². The number of para-hydroxylation sites is 5. The van der Waals surface area contributed by atoms with Crippen LogP contribution in [0.5, 0.6) is 0 Å². The van der Waals surface area contributed by atoms with Crippen LogP contribution in [0.15, 0.2) is 182 Å². The molecule has 7 aromatic carbocycles. The summed E-state index contributed by atoms with van der Waals surface area (Å²) in [6.45, 7) is 6.44. The SMILES string of the molecule is CC(C)(C)c1cc(B(c2c(-c3ccccc3)cccc2-c2ccccc2)[n+]2[c-]n(-c3[c-]cccc3)c3ccccc32)nc(-n2c3[c-]cccc3c3ccccc32)c1.[Pt]. The van der Waals surface area contributed by atoms with Gasteiger partial charge in [0.15, 0.2) is 0 Å². The summed E-state index contributed by atoms with van der Waals surface area (Å²) in [4.78, 5) is 5.79. The van der Waals surface area contributed by atoms with Gasteiger partial charge in [0.05, 0.1) is 11.1 Å². The molecule has 0 aliphatic rings. The monoisotopic (exact) mass is 925 g/mol. The normalized spacial score (nSPS) is 11.6. The Morgan fingerprint density at radius 3 is 1.90 bits per heavy atom. The average molecular weight is 926 g/mol.